The minimum atomic E-state index is -3.75. The monoisotopic (exact) mass is 472 g/mol. The van der Waals surface area contributed by atoms with Gasteiger partial charge in [0.15, 0.2) is 0 Å². The summed E-state index contributed by atoms with van der Waals surface area (Å²) in [5.74, 6) is 0.632. The minimum Gasteiger partial charge on any atom is -0.353 e. The van der Waals surface area contributed by atoms with Gasteiger partial charge in [-0.15, -0.1) is 0 Å². The number of rotatable bonds is 4. The van der Waals surface area contributed by atoms with Gasteiger partial charge in [0.25, 0.3) is 0 Å². The van der Waals surface area contributed by atoms with Crippen LogP contribution >= 0.6 is 11.7 Å². The molecule has 1 aromatic carbocycles. The summed E-state index contributed by atoms with van der Waals surface area (Å²) in [6.07, 6.45) is 3.13. The fourth-order valence-corrected chi connectivity index (χ4v) is 6.72. The van der Waals surface area contributed by atoms with Gasteiger partial charge >= 0.3 is 0 Å². The van der Waals surface area contributed by atoms with Crippen molar-refractivity contribution < 1.29 is 13.2 Å². The number of benzene rings is 1. The second kappa shape index (κ2) is 8.72. The van der Waals surface area contributed by atoms with E-state index in [1.807, 2.05) is 23.1 Å². The number of sulfonamides is 1. The number of piperidine rings is 1. The number of anilines is 1. The number of piperazine rings is 1. The normalized spacial score (nSPS) is 20.6. The van der Waals surface area contributed by atoms with Crippen LogP contribution in [0.15, 0.2) is 47.5 Å². The average molecular weight is 473 g/mol. The van der Waals surface area contributed by atoms with Gasteiger partial charge in [0.05, 0.1) is 17.6 Å². The maximum Gasteiger partial charge on any atom is 0.245 e. The topological polar surface area (TPSA) is 99.6 Å². The summed E-state index contributed by atoms with van der Waals surface area (Å²) in [5.41, 5.74) is 0.975. The van der Waals surface area contributed by atoms with Crippen LogP contribution in [0.1, 0.15) is 12.8 Å². The van der Waals surface area contributed by atoms with Crippen LogP contribution in [0.5, 0.6) is 0 Å². The third-order valence-corrected chi connectivity index (χ3v) is 8.60. The molecule has 0 spiro atoms. The highest BCUT2D eigenvalue weighted by Gasteiger charge is 2.36. The summed E-state index contributed by atoms with van der Waals surface area (Å²) in [6.45, 7) is 3.28. The average Bonchev–Trinajstić information content (AvgIpc) is 3.33. The predicted molar refractivity (Wildman–Crippen MR) is 122 cm³/mol. The Labute approximate surface area is 191 Å². The molecule has 5 rings (SSSR count). The lowest BCUT2D eigenvalue weighted by Crippen LogP contribution is -2.53. The summed E-state index contributed by atoms with van der Waals surface area (Å²) in [5, 5.41) is 0. The van der Waals surface area contributed by atoms with Crippen molar-refractivity contribution in [1.29, 1.82) is 0 Å². The van der Waals surface area contributed by atoms with Crippen molar-refractivity contribution in [2.45, 2.75) is 17.7 Å². The molecule has 0 aliphatic carbocycles. The summed E-state index contributed by atoms with van der Waals surface area (Å²) in [4.78, 5) is 21.8. The molecule has 1 atom stereocenters. The van der Waals surface area contributed by atoms with Gasteiger partial charge < -0.3 is 9.80 Å². The van der Waals surface area contributed by atoms with E-state index in [9.17, 15) is 13.2 Å². The van der Waals surface area contributed by atoms with E-state index in [0.717, 1.165) is 30.6 Å². The summed E-state index contributed by atoms with van der Waals surface area (Å²) >= 11 is 1.00. The highest BCUT2D eigenvalue weighted by Crippen LogP contribution is 2.29. The molecule has 2 saturated heterocycles. The van der Waals surface area contributed by atoms with Crippen LogP contribution in [0.3, 0.4) is 0 Å². The first-order chi connectivity index (χ1) is 15.5. The first-order valence-corrected chi connectivity index (χ1v) is 12.9. The molecule has 1 amide bonds. The highest BCUT2D eigenvalue weighted by atomic mass is 32.2. The molecule has 0 unspecified atom stereocenters. The molecule has 2 fully saturated rings. The first-order valence-electron chi connectivity index (χ1n) is 10.7. The smallest absolute Gasteiger partial charge is 0.245 e. The summed E-state index contributed by atoms with van der Waals surface area (Å²) in [6, 6.07) is 10.8. The van der Waals surface area contributed by atoms with E-state index >= 15 is 0 Å². The fraction of sp³-hybridized carbons (Fsp3) is 0.429. The molecule has 0 N–H and O–H groups in total. The van der Waals surface area contributed by atoms with E-state index in [4.69, 9.17) is 0 Å². The third-order valence-electron chi connectivity index (χ3n) is 6.16. The number of hydrogen-bond donors (Lipinski definition) is 0. The molecule has 4 heterocycles. The van der Waals surface area contributed by atoms with Gasteiger partial charge in [-0.05, 0) is 37.1 Å². The molecule has 2 aliphatic rings. The molecule has 0 radical (unpaired) electrons. The minimum absolute atomic E-state index is 0.0408. The second-order valence-electron chi connectivity index (χ2n) is 8.09. The Hall–Kier alpha value is -2.63. The molecule has 2 aliphatic heterocycles. The van der Waals surface area contributed by atoms with E-state index in [1.54, 1.807) is 24.4 Å². The lowest BCUT2D eigenvalue weighted by atomic mass is 9.98. The molecule has 168 valence electrons. The molecule has 2 aromatic heterocycles. The second-order valence-corrected chi connectivity index (χ2v) is 10.5. The van der Waals surface area contributed by atoms with Crippen LogP contribution in [0.4, 0.5) is 5.82 Å². The molecule has 0 bridgehead atoms. The third kappa shape index (κ3) is 3.96. The van der Waals surface area contributed by atoms with Gasteiger partial charge in [0.1, 0.15) is 21.7 Å². The van der Waals surface area contributed by atoms with Gasteiger partial charge in [-0.25, -0.2) is 13.4 Å². The van der Waals surface area contributed by atoms with Crippen molar-refractivity contribution in [1.82, 2.24) is 22.9 Å². The van der Waals surface area contributed by atoms with Gasteiger partial charge in [-0.1, -0.05) is 12.1 Å². The van der Waals surface area contributed by atoms with Crippen LogP contribution < -0.4 is 4.90 Å². The maximum atomic E-state index is 13.4. The van der Waals surface area contributed by atoms with Crippen molar-refractivity contribution in [3.63, 3.8) is 0 Å². The van der Waals surface area contributed by atoms with E-state index in [-0.39, 0.29) is 23.3 Å². The Morgan fingerprint density at radius 3 is 2.62 bits per heavy atom. The van der Waals surface area contributed by atoms with Crippen molar-refractivity contribution in [2.24, 2.45) is 5.92 Å². The fourth-order valence-electron chi connectivity index (χ4n) is 4.45. The Kier molecular flexibility index (Phi) is 5.78. The maximum absolute atomic E-state index is 13.4. The number of pyridine rings is 1. The summed E-state index contributed by atoms with van der Waals surface area (Å²) in [7, 11) is -3.75. The number of aromatic nitrogens is 3. The van der Waals surface area contributed by atoms with Crippen molar-refractivity contribution in [3.05, 3.63) is 42.6 Å². The number of carbonyl (C=O) groups is 1. The number of amides is 1. The lowest BCUT2D eigenvalue weighted by molar-refractivity contribution is -0.137. The zero-order valence-electron chi connectivity index (χ0n) is 17.5. The molecular formula is C21H24N6O3S2. The Morgan fingerprint density at radius 2 is 1.84 bits per heavy atom. The Morgan fingerprint density at radius 1 is 1.00 bits per heavy atom. The van der Waals surface area contributed by atoms with Crippen LogP contribution in [-0.4, -0.2) is 76.5 Å². The molecule has 9 nitrogen and oxygen atoms in total. The molecule has 0 saturated carbocycles. The van der Waals surface area contributed by atoms with E-state index in [1.165, 1.54) is 4.31 Å². The van der Waals surface area contributed by atoms with Crippen LogP contribution in [0.25, 0.3) is 11.0 Å². The predicted octanol–water partition coefficient (Wildman–Crippen LogP) is 1.84. The number of hydrogen-bond acceptors (Lipinski definition) is 8. The van der Waals surface area contributed by atoms with Gasteiger partial charge in [0.2, 0.25) is 15.9 Å². The van der Waals surface area contributed by atoms with Crippen LogP contribution in [0.2, 0.25) is 0 Å². The zero-order chi connectivity index (χ0) is 22.1. The SMILES string of the molecule is O=C([C@H]1CCCN(S(=O)(=O)c2cccc3nsnc23)C1)N1CCN(c2ccccn2)CC1. The summed E-state index contributed by atoms with van der Waals surface area (Å²) < 4.78 is 36.5. The van der Waals surface area contributed by atoms with Gasteiger partial charge in [-0.3, -0.25) is 4.79 Å². The van der Waals surface area contributed by atoms with Crippen molar-refractivity contribution in [3.8, 4) is 0 Å². The van der Waals surface area contributed by atoms with Crippen molar-refractivity contribution >= 4 is 44.5 Å². The number of fused-ring (bicyclic) bond motifs is 1. The Bertz CT molecular complexity index is 1210. The van der Waals surface area contributed by atoms with Crippen LogP contribution in [0, 0.1) is 5.92 Å². The van der Waals surface area contributed by atoms with Gasteiger partial charge in [-0.2, -0.15) is 13.1 Å². The van der Waals surface area contributed by atoms with E-state index < -0.39 is 10.0 Å². The molecule has 3 aromatic rings. The first kappa shape index (κ1) is 21.2. The Balaban J connectivity index is 1.27. The highest BCUT2D eigenvalue weighted by molar-refractivity contribution is 7.89. The molecule has 11 heteroatoms. The van der Waals surface area contributed by atoms with Gasteiger partial charge in [0, 0.05) is 45.5 Å². The zero-order valence-corrected chi connectivity index (χ0v) is 19.1. The number of nitrogens with zero attached hydrogens (tertiary/aromatic N) is 6. The standard InChI is InChI=1S/C21H24N6O3S2/c28-21(26-13-11-25(12-14-26)19-8-1-2-9-22-19)16-5-4-10-27(15-16)32(29,30)18-7-3-6-17-20(18)24-31-23-17/h1-3,6-9,16H,4-5,10-15H2/t16-/m0/s1. The van der Waals surface area contributed by atoms with E-state index in [2.05, 4.69) is 18.6 Å². The molecule has 32 heavy (non-hydrogen) atoms. The molecular weight excluding hydrogens is 448 g/mol. The van der Waals surface area contributed by atoms with Crippen LogP contribution in [-0.2, 0) is 14.8 Å². The van der Waals surface area contributed by atoms with E-state index in [0.29, 0.717) is 43.5 Å². The quantitative estimate of drug-likeness (QED) is 0.571. The lowest BCUT2D eigenvalue weighted by Gasteiger charge is -2.39. The van der Waals surface area contributed by atoms with Crippen molar-refractivity contribution in [2.75, 3.05) is 44.2 Å². The largest absolute Gasteiger partial charge is 0.353 e. The number of carbonyl (C=O) groups excluding carboxylic acids is 1.